The molecule has 2 aromatic rings. The quantitative estimate of drug-likeness (QED) is 0.612. The van der Waals surface area contributed by atoms with E-state index in [0.717, 1.165) is 23.9 Å². The molecule has 0 unspecified atom stereocenters. The van der Waals surface area contributed by atoms with E-state index in [1.807, 2.05) is 12.1 Å². The molecule has 0 aliphatic rings. The third-order valence-corrected chi connectivity index (χ3v) is 3.53. The maximum absolute atomic E-state index is 12.6. The fourth-order valence-electron chi connectivity index (χ4n) is 2.10. The molecule has 0 radical (unpaired) electrons. The number of benzene rings is 2. The minimum atomic E-state index is -4.42. The number of carbonyl (C=O) groups excluding carboxylic acids is 1. The Hall–Kier alpha value is -2.83. The van der Waals surface area contributed by atoms with Crippen molar-refractivity contribution in [3.05, 3.63) is 65.2 Å². The molecule has 4 nitrogen and oxygen atoms in total. The van der Waals surface area contributed by atoms with Gasteiger partial charge in [-0.1, -0.05) is 38.1 Å². The molecule has 0 aliphatic carbocycles. The van der Waals surface area contributed by atoms with E-state index in [-0.39, 0.29) is 12.2 Å². The maximum Gasteiger partial charge on any atom is 0.416 e. The number of nitrogens with one attached hydrogen (secondary N) is 1. The lowest BCUT2D eigenvalue weighted by molar-refractivity contribution is -0.137. The van der Waals surface area contributed by atoms with Gasteiger partial charge in [-0.3, -0.25) is 4.79 Å². The second-order valence-electron chi connectivity index (χ2n) is 5.93. The molecule has 0 saturated heterocycles. The van der Waals surface area contributed by atoms with Gasteiger partial charge in [0.1, 0.15) is 5.75 Å². The lowest BCUT2D eigenvalue weighted by Crippen LogP contribution is -2.24. The Morgan fingerprint density at radius 3 is 2.50 bits per heavy atom. The number of carbonyl (C=O) groups is 1. The average molecular weight is 364 g/mol. The normalized spacial score (nSPS) is 11.8. The molecule has 0 aliphatic heterocycles. The summed E-state index contributed by atoms with van der Waals surface area (Å²) in [6.45, 7) is 3.90. The molecular weight excluding hydrogens is 345 g/mol. The van der Waals surface area contributed by atoms with Crippen molar-refractivity contribution < 1.29 is 22.7 Å². The van der Waals surface area contributed by atoms with Gasteiger partial charge in [-0.2, -0.15) is 18.3 Å². The van der Waals surface area contributed by atoms with Crippen LogP contribution in [0.4, 0.5) is 13.2 Å². The van der Waals surface area contributed by atoms with Gasteiger partial charge in [0.15, 0.2) is 6.61 Å². The first-order chi connectivity index (χ1) is 12.3. The summed E-state index contributed by atoms with van der Waals surface area (Å²) in [5, 5.41) is 3.64. The number of hydrazone groups is 1. The van der Waals surface area contributed by atoms with Crippen molar-refractivity contribution in [3.8, 4) is 5.75 Å². The highest BCUT2D eigenvalue weighted by atomic mass is 19.4. The van der Waals surface area contributed by atoms with Gasteiger partial charge in [0.05, 0.1) is 11.8 Å². The van der Waals surface area contributed by atoms with Crippen molar-refractivity contribution in [3.63, 3.8) is 0 Å². The van der Waals surface area contributed by atoms with E-state index in [1.54, 1.807) is 12.1 Å². The highest BCUT2D eigenvalue weighted by Gasteiger charge is 2.30. The van der Waals surface area contributed by atoms with Gasteiger partial charge in [-0.25, -0.2) is 5.43 Å². The largest absolute Gasteiger partial charge is 0.484 e. The number of nitrogens with zero attached hydrogens (tertiary/aromatic N) is 1. The summed E-state index contributed by atoms with van der Waals surface area (Å²) in [4.78, 5) is 11.7. The van der Waals surface area contributed by atoms with E-state index in [1.165, 1.54) is 12.1 Å². The van der Waals surface area contributed by atoms with Crippen LogP contribution >= 0.6 is 0 Å². The first kappa shape index (κ1) is 19.5. The molecule has 2 rings (SSSR count). The molecule has 0 fully saturated rings. The summed E-state index contributed by atoms with van der Waals surface area (Å²) in [5.41, 5.74) is 2.82. The molecule has 1 amide bonds. The van der Waals surface area contributed by atoms with E-state index in [2.05, 4.69) is 24.4 Å². The Morgan fingerprint density at radius 2 is 1.88 bits per heavy atom. The molecule has 0 aromatic heterocycles. The molecule has 7 heteroatoms. The van der Waals surface area contributed by atoms with E-state index < -0.39 is 17.6 Å². The van der Waals surface area contributed by atoms with Crippen LogP contribution in [0.1, 0.15) is 36.5 Å². The number of amides is 1. The van der Waals surface area contributed by atoms with Gasteiger partial charge in [-0.05, 0) is 41.3 Å². The Bertz CT molecular complexity index is 769. The number of rotatable bonds is 6. The Morgan fingerprint density at radius 1 is 1.19 bits per heavy atom. The molecule has 0 atom stereocenters. The fourth-order valence-corrected chi connectivity index (χ4v) is 2.10. The van der Waals surface area contributed by atoms with E-state index >= 15 is 0 Å². The van der Waals surface area contributed by atoms with Gasteiger partial charge in [0.2, 0.25) is 0 Å². The van der Waals surface area contributed by atoms with Crippen LogP contribution in [0.3, 0.4) is 0 Å². The first-order valence-corrected chi connectivity index (χ1v) is 7.97. The van der Waals surface area contributed by atoms with Gasteiger partial charge < -0.3 is 4.74 Å². The van der Waals surface area contributed by atoms with E-state index in [9.17, 15) is 18.0 Å². The smallest absolute Gasteiger partial charge is 0.416 e. The van der Waals surface area contributed by atoms with Gasteiger partial charge >= 0.3 is 6.18 Å². The summed E-state index contributed by atoms with van der Waals surface area (Å²) in [6.07, 6.45) is -3.28. The topological polar surface area (TPSA) is 50.7 Å². The van der Waals surface area contributed by atoms with Crippen LogP contribution in [0.25, 0.3) is 0 Å². The molecule has 0 heterocycles. The number of hydrogen-bond donors (Lipinski definition) is 1. The molecule has 0 spiro atoms. The number of hydrogen-bond acceptors (Lipinski definition) is 3. The minimum Gasteiger partial charge on any atom is -0.484 e. The molecule has 26 heavy (non-hydrogen) atoms. The zero-order valence-electron chi connectivity index (χ0n) is 14.4. The van der Waals surface area contributed by atoms with Crippen molar-refractivity contribution in [1.29, 1.82) is 0 Å². The lowest BCUT2D eigenvalue weighted by Gasteiger charge is -2.08. The number of halogens is 3. The summed E-state index contributed by atoms with van der Waals surface area (Å²) in [6, 6.07) is 12.0. The SMILES string of the molecule is CC(C)c1ccc(OCC(=O)NN=Cc2cccc(C(F)(F)F)c2)cc1. The first-order valence-electron chi connectivity index (χ1n) is 7.97. The highest BCUT2D eigenvalue weighted by molar-refractivity contribution is 5.83. The monoisotopic (exact) mass is 364 g/mol. The zero-order chi connectivity index (χ0) is 19.2. The van der Waals surface area contributed by atoms with Gasteiger partial charge in [-0.15, -0.1) is 0 Å². The maximum atomic E-state index is 12.6. The van der Waals surface area contributed by atoms with Crippen molar-refractivity contribution in [1.82, 2.24) is 5.43 Å². The van der Waals surface area contributed by atoms with Crippen LogP contribution in [0.2, 0.25) is 0 Å². The van der Waals surface area contributed by atoms with Crippen molar-refractivity contribution in [2.75, 3.05) is 6.61 Å². The third-order valence-electron chi connectivity index (χ3n) is 3.53. The second-order valence-corrected chi connectivity index (χ2v) is 5.93. The van der Waals surface area contributed by atoms with Crippen molar-refractivity contribution in [2.45, 2.75) is 25.9 Å². The van der Waals surface area contributed by atoms with Crippen LogP contribution in [-0.4, -0.2) is 18.7 Å². The molecule has 2 aromatic carbocycles. The standard InChI is InChI=1S/C19H19F3N2O2/c1-13(2)15-6-8-17(9-7-15)26-12-18(25)24-23-11-14-4-3-5-16(10-14)19(20,21)22/h3-11,13H,12H2,1-2H3,(H,24,25). The Kier molecular flexibility index (Phi) is 6.38. The summed E-state index contributed by atoms with van der Waals surface area (Å²) >= 11 is 0. The van der Waals surface area contributed by atoms with Crippen molar-refractivity contribution >= 4 is 12.1 Å². The highest BCUT2D eigenvalue weighted by Crippen LogP contribution is 2.29. The van der Waals surface area contributed by atoms with Gasteiger partial charge in [0, 0.05) is 0 Å². The summed E-state index contributed by atoms with van der Waals surface area (Å²) < 4.78 is 43.2. The lowest BCUT2D eigenvalue weighted by atomic mass is 10.0. The van der Waals surface area contributed by atoms with Crippen molar-refractivity contribution in [2.24, 2.45) is 5.10 Å². The molecule has 0 bridgehead atoms. The van der Waals surface area contributed by atoms with E-state index in [4.69, 9.17) is 4.74 Å². The van der Waals surface area contributed by atoms with Crippen LogP contribution in [0.15, 0.2) is 53.6 Å². The van der Waals surface area contributed by atoms with Crippen LogP contribution < -0.4 is 10.2 Å². The van der Waals surface area contributed by atoms with E-state index in [0.29, 0.717) is 11.7 Å². The second kappa shape index (κ2) is 8.51. The Balaban J connectivity index is 1.84. The fraction of sp³-hybridized carbons (Fsp3) is 0.263. The average Bonchev–Trinajstić information content (AvgIpc) is 2.60. The van der Waals surface area contributed by atoms with Gasteiger partial charge in [0.25, 0.3) is 5.91 Å². The molecular formula is C19H19F3N2O2. The zero-order valence-corrected chi connectivity index (χ0v) is 14.4. The van der Waals surface area contributed by atoms with Crippen LogP contribution in [0, 0.1) is 0 Å². The van der Waals surface area contributed by atoms with Crippen LogP contribution in [-0.2, 0) is 11.0 Å². The minimum absolute atomic E-state index is 0.227. The number of alkyl halides is 3. The predicted octanol–water partition coefficient (Wildman–Crippen LogP) is 4.36. The number of ether oxygens (including phenoxy) is 1. The summed E-state index contributed by atoms with van der Waals surface area (Å²) in [5.74, 6) is 0.435. The third kappa shape index (κ3) is 5.91. The summed E-state index contributed by atoms with van der Waals surface area (Å²) in [7, 11) is 0. The Labute approximate surface area is 149 Å². The molecule has 1 N–H and O–H groups in total. The predicted molar refractivity (Wildman–Crippen MR) is 93.2 cm³/mol. The molecule has 0 saturated carbocycles. The molecule has 138 valence electrons. The van der Waals surface area contributed by atoms with Crippen LogP contribution in [0.5, 0.6) is 5.75 Å².